The Hall–Kier alpha value is -2.93. The largest absolute Gasteiger partial charge is 0.383 e. The number of fused-ring (bicyclic) bond motifs is 1. The van der Waals surface area contributed by atoms with Gasteiger partial charge in [-0.2, -0.15) is 0 Å². The molecule has 2 heterocycles. The number of hydrogen-bond acceptors (Lipinski definition) is 4. The minimum absolute atomic E-state index is 0.00106. The maximum atomic E-state index is 13.0. The normalized spacial score (nSPS) is 19.8. The molecule has 2 aromatic rings. The van der Waals surface area contributed by atoms with Gasteiger partial charge in [0, 0.05) is 42.4 Å². The average molecular weight is 381 g/mol. The molecule has 1 saturated heterocycles. The summed E-state index contributed by atoms with van der Waals surface area (Å²) in [5.74, 6) is -1.15. The molecule has 2 aliphatic rings. The fourth-order valence-electron chi connectivity index (χ4n) is 4.09. The van der Waals surface area contributed by atoms with Crippen LogP contribution in [0.5, 0.6) is 0 Å². The van der Waals surface area contributed by atoms with Crippen LogP contribution in [-0.4, -0.2) is 47.1 Å². The molecule has 1 aliphatic heterocycles. The molecule has 0 spiro atoms. The zero-order valence-corrected chi connectivity index (χ0v) is 15.8. The lowest BCUT2D eigenvalue weighted by molar-refractivity contribution is -0.131. The minimum Gasteiger partial charge on any atom is -0.383 e. The van der Waals surface area contributed by atoms with Gasteiger partial charge in [-0.15, -0.1) is 0 Å². The van der Waals surface area contributed by atoms with Gasteiger partial charge in [-0.25, -0.2) is 4.79 Å². The Balaban J connectivity index is 1.73. The number of carbonyl (C=O) groups is 3. The van der Waals surface area contributed by atoms with Crippen LogP contribution < -0.4 is 5.32 Å². The lowest BCUT2D eigenvalue weighted by Crippen LogP contribution is -2.57. The summed E-state index contributed by atoms with van der Waals surface area (Å²) in [5, 5.41) is 3.27. The summed E-state index contributed by atoms with van der Waals surface area (Å²) in [6.45, 7) is 1.21. The standard InChI is InChI=1S/C21H23N3O4/c1-28-11-10-23-13-14(16-8-4-5-9-18(16)23)12-17-19(25)22-21(27)24(20(17)26)15-6-2-3-7-15/h4-5,8-9,12-13,15H,2-3,6-7,10-11H2,1H3,(H,22,25,27)/b17-12+. The summed E-state index contributed by atoms with van der Waals surface area (Å²) in [5.41, 5.74) is 1.77. The van der Waals surface area contributed by atoms with Gasteiger partial charge in [-0.05, 0) is 25.0 Å². The summed E-state index contributed by atoms with van der Waals surface area (Å²) in [6.07, 6.45) is 7.06. The van der Waals surface area contributed by atoms with Crippen LogP contribution in [0.15, 0.2) is 36.0 Å². The molecule has 0 atom stereocenters. The number of amides is 4. The predicted octanol–water partition coefficient (Wildman–Crippen LogP) is 2.69. The highest BCUT2D eigenvalue weighted by atomic mass is 16.5. The van der Waals surface area contributed by atoms with Gasteiger partial charge in [0.2, 0.25) is 0 Å². The summed E-state index contributed by atoms with van der Waals surface area (Å²) < 4.78 is 7.21. The number of rotatable bonds is 5. The van der Waals surface area contributed by atoms with Crippen molar-refractivity contribution in [2.45, 2.75) is 38.3 Å². The molecule has 1 aliphatic carbocycles. The van der Waals surface area contributed by atoms with Crippen LogP contribution in [0.25, 0.3) is 17.0 Å². The van der Waals surface area contributed by atoms with Gasteiger partial charge >= 0.3 is 6.03 Å². The van der Waals surface area contributed by atoms with Crippen LogP contribution in [-0.2, 0) is 20.9 Å². The molecule has 7 heteroatoms. The Bertz CT molecular complexity index is 969. The molecule has 4 rings (SSSR count). The van der Waals surface area contributed by atoms with Gasteiger partial charge in [0.25, 0.3) is 11.8 Å². The molecule has 1 aromatic heterocycles. The molecule has 1 saturated carbocycles. The Labute approximate surface area is 162 Å². The minimum atomic E-state index is -0.641. The van der Waals surface area contributed by atoms with Crippen LogP contribution in [0.1, 0.15) is 31.2 Å². The van der Waals surface area contributed by atoms with Crippen molar-refractivity contribution >= 4 is 34.8 Å². The van der Waals surface area contributed by atoms with Gasteiger partial charge in [-0.1, -0.05) is 31.0 Å². The van der Waals surface area contributed by atoms with E-state index in [2.05, 4.69) is 5.32 Å². The number of nitrogens with zero attached hydrogens (tertiary/aromatic N) is 2. The van der Waals surface area contributed by atoms with Crippen LogP contribution in [0, 0.1) is 0 Å². The van der Waals surface area contributed by atoms with E-state index in [1.54, 1.807) is 13.2 Å². The highest BCUT2D eigenvalue weighted by Crippen LogP contribution is 2.29. The van der Waals surface area contributed by atoms with Gasteiger partial charge in [-0.3, -0.25) is 19.8 Å². The topological polar surface area (TPSA) is 80.6 Å². The number of aromatic nitrogens is 1. The lowest BCUT2D eigenvalue weighted by Gasteiger charge is -2.31. The van der Waals surface area contributed by atoms with Crippen molar-refractivity contribution in [2.24, 2.45) is 0 Å². The van der Waals surface area contributed by atoms with Gasteiger partial charge in [0.1, 0.15) is 5.57 Å². The second-order valence-corrected chi connectivity index (χ2v) is 7.22. The number of benzene rings is 1. The number of imide groups is 2. The van der Waals surface area contributed by atoms with Crippen molar-refractivity contribution in [2.75, 3.05) is 13.7 Å². The molecule has 0 radical (unpaired) electrons. The van der Waals surface area contributed by atoms with Crippen LogP contribution in [0.3, 0.4) is 0 Å². The zero-order valence-electron chi connectivity index (χ0n) is 15.8. The number of ether oxygens (including phenoxy) is 1. The first-order chi connectivity index (χ1) is 13.6. The Morgan fingerprint density at radius 3 is 2.68 bits per heavy atom. The molecule has 1 N–H and O–H groups in total. The number of hydrogen-bond donors (Lipinski definition) is 1. The fourth-order valence-corrected chi connectivity index (χ4v) is 4.09. The summed E-state index contributed by atoms with van der Waals surface area (Å²) in [6, 6.07) is 7.07. The molecule has 0 bridgehead atoms. The molecule has 4 amide bonds. The van der Waals surface area contributed by atoms with Crippen molar-refractivity contribution < 1.29 is 19.1 Å². The maximum Gasteiger partial charge on any atom is 0.331 e. The first kappa shape index (κ1) is 18.4. The van der Waals surface area contributed by atoms with E-state index < -0.39 is 17.8 Å². The Morgan fingerprint density at radius 1 is 1.18 bits per heavy atom. The molecule has 146 valence electrons. The number of carbonyl (C=O) groups excluding carboxylic acids is 3. The summed E-state index contributed by atoms with van der Waals surface area (Å²) in [7, 11) is 1.65. The number of para-hydroxylation sites is 1. The Kier molecular flexibility index (Phi) is 5.00. The van der Waals surface area contributed by atoms with Gasteiger partial charge in [0.05, 0.1) is 6.61 Å². The fraction of sp³-hybridized carbons (Fsp3) is 0.381. The molecule has 2 fully saturated rings. The van der Waals surface area contributed by atoms with E-state index in [4.69, 9.17) is 4.74 Å². The van der Waals surface area contributed by atoms with E-state index in [0.717, 1.165) is 42.1 Å². The van der Waals surface area contributed by atoms with Crippen molar-refractivity contribution in [3.05, 3.63) is 41.6 Å². The number of urea groups is 1. The summed E-state index contributed by atoms with van der Waals surface area (Å²) >= 11 is 0. The second kappa shape index (κ2) is 7.59. The van der Waals surface area contributed by atoms with Crippen molar-refractivity contribution in [1.29, 1.82) is 0 Å². The van der Waals surface area contributed by atoms with Crippen LogP contribution >= 0.6 is 0 Å². The van der Waals surface area contributed by atoms with E-state index in [0.29, 0.717) is 13.2 Å². The lowest BCUT2D eigenvalue weighted by atomic mass is 10.0. The first-order valence-electron chi connectivity index (χ1n) is 9.57. The Morgan fingerprint density at radius 2 is 1.93 bits per heavy atom. The molecule has 7 nitrogen and oxygen atoms in total. The molecule has 0 unspecified atom stereocenters. The second-order valence-electron chi connectivity index (χ2n) is 7.22. The number of barbiturate groups is 1. The van der Waals surface area contributed by atoms with E-state index in [-0.39, 0.29) is 11.6 Å². The zero-order chi connectivity index (χ0) is 19.7. The van der Waals surface area contributed by atoms with Crippen LogP contribution in [0.4, 0.5) is 4.79 Å². The van der Waals surface area contributed by atoms with E-state index in [9.17, 15) is 14.4 Å². The monoisotopic (exact) mass is 381 g/mol. The number of nitrogens with one attached hydrogen (secondary N) is 1. The van der Waals surface area contributed by atoms with Crippen molar-refractivity contribution in [1.82, 2.24) is 14.8 Å². The number of methoxy groups -OCH3 is 1. The van der Waals surface area contributed by atoms with E-state index >= 15 is 0 Å². The van der Waals surface area contributed by atoms with Gasteiger partial charge < -0.3 is 9.30 Å². The highest BCUT2D eigenvalue weighted by molar-refractivity contribution is 6.31. The first-order valence-corrected chi connectivity index (χ1v) is 9.57. The summed E-state index contributed by atoms with van der Waals surface area (Å²) in [4.78, 5) is 38.9. The third-order valence-corrected chi connectivity index (χ3v) is 5.48. The molecular formula is C21H23N3O4. The molecule has 1 aromatic carbocycles. The SMILES string of the molecule is COCCn1cc(/C=C2\C(=O)NC(=O)N(C3CCCC3)C2=O)c2ccccc21. The van der Waals surface area contributed by atoms with Gasteiger partial charge in [0.15, 0.2) is 0 Å². The molecular weight excluding hydrogens is 358 g/mol. The highest BCUT2D eigenvalue weighted by Gasteiger charge is 2.40. The van der Waals surface area contributed by atoms with E-state index in [1.165, 1.54) is 4.90 Å². The smallest absolute Gasteiger partial charge is 0.331 e. The van der Waals surface area contributed by atoms with Crippen molar-refractivity contribution in [3.8, 4) is 0 Å². The maximum absolute atomic E-state index is 13.0. The van der Waals surface area contributed by atoms with Crippen molar-refractivity contribution in [3.63, 3.8) is 0 Å². The average Bonchev–Trinajstić information content (AvgIpc) is 3.32. The molecule has 28 heavy (non-hydrogen) atoms. The predicted molar refractivity (Wildman–Crippen MR) is 104 cm³/mol. The third kappa shape index (κ3) is 3.22. The quantitative estimate of drug-likeness (QED) is 0.638. The van der Waals surface area contributed by atoms with Crippen LogP contribution in [0.2, 0.25) is 0 Å². The van der Waals surface area contributed by atoms with E-state index in [1.807, 2.05) is 35.0 Å². The third-order valence-electron chi connectivity index (χ3n) is 5.48.